The monoisotopic (exact) mass is 270 g/mol. The number of unbranched alkanes of at least 4 members (excludes halogenated alkanes) is 2. The summed E-state index contributed by atoms with van der Waals surface area (Å²) in [5.41, 5.74) is 0. The molecule has 1 N–H and O–H groups in total. The topological polar surface area (TPSA) is 71.4 Å². The van der Waals surface area contributed by atoms with Gasteiger partial charge >= 0.3 is 44.8 Å². The molecule has 0 heterocycles. The van der Waals surface area contributed by atoms with Gasteiger partial charge in [0.1, 0.15) is 0 Å². The second-order valence-electron chi connectivity index (χ2n) is 2.23. The molecule has 0 bridgehead atoms. The summed E-state index contributed by atoms with van der Waals surface area (Å²) < 4.78 is 18.5. The van der Waals surface area contributed by atoms with Crippen molar-refractivity contribution in [1.82, 2.24) is 0 Å². The second kappa shape index (κ2) is 8.77. The van der Waals surface area contributed by atoms with Crippen molar-refractivity contribution in [2.45, 2.75) is 32.6 Å². The van der Waals surface area contributed by atoms with Gasteiger partial charge in [0.15, 0.2) is 0 Å². The molecule has 0 saturated heterocycles. The molecule has 0 aromatic carbocycles. The summed E-state index contributed by atoms with van der Waals surface area (Å²) in [5, 5.41) is 8.14. The van der Waals surface area contributed by atoms with Gasteiger partial charge in [-0.05, 0) is 6.42 Å². The molecule has 0 saturated carbocycles. The Morgan fingerprint density at radius 1 is 1.31 bits per heavy atom. The van der Waals surface area contributed by atoms with Crippen LogP contribution >= 0.6 is 20.1 Å². The van der Waals surface area contributed by atoms with Gasteiger partial charge in [-0.2, -0.15) is 0 Å². The van der Waals surface area contributed by atoms with Crippen LogP contribution in [-0.4, -0.2) is 11.1 Å². The van der Waals surface area contributed by atoms with Crippen LogP contribution in [0.1, 0.15) is 32.6 Å². The number of carboxylic acid groups (broad SMARTS) is 1. The molecule has 0 radical (unpaired) electrons. The van der Waals surface area contributed by atoms with Gasteiger partial charge in [-0.15, -0.1) is 0 Å². The first-order chi connectivity index (χ1) is 5.77. The Kier molecular flexibility index (Phi) is 10.6. The molecule has 0 rings (SSSR count). The van der Waals surface area contributed by atoms with Crippen molar-refractivity contribution in [2.24, 2.45) is 0 Å². The molecule has 0 spiro atoms. The molecule has 0 aliphatic carbocycles. The van der Waals surface area contributed by atoms with Gasteiger partial charge < -0.3 is 5.11 Å². The standard InChI is InChI=1S/C6H12O2.2ClH.Cr.2O/c1-2-3-4-5-6(7)8;;;;;/h2-5H2,1H3,(H,7,8);2*1H;;;/q;;;+2;;/p-2. The second-order valence-corrected chi connectivity index (χ2v) is 7.41. The Hall–Kier alpha value is 0.182. The van der Waals surface area contributed by atoms with Gasteiger partial charge in [0.05, 0.1) is 0 Å². The van der Waals surface area contributed by atoms with E-state index in [9.17, 15) is 12.4 Å². The Balaban J connectivity index is 0. The summed E-state index contributed by atoms with van der Waals surface area (Å²) >= 11 is -4.31. The zero-order valence-corrected chi connectivity index (χ0v) is 9.95. The molecule has 0 atom stereocenters. The fourth-order valence-corrected chi connectivity index (χ4v) is 0.526. The number of halogens is 2. The van der Waals surface area contributed by atoms with E-state index in [2.05, 4.69) is 27.0 Å². The first kappa shape index (κ1) is 15.6. The Bertz CT molecular complexity index is 217. The molecule has 13 heavy (non-hydrogen) atoms. The average molecular weight is 271 g/mol. The molecule has 0 unspecified atom stereocenters. The van der Waals surface area contributed by atoms with E-state index < -0.39 is 17.1 Å². The third-order valence-electron chi connectivity index (χ3n) is 0.994. The first-order valence-electron chi connectivity index (χ1n) is 3.63. The van der Waals surface area contributed by atoms with Crippen LogP contribution in [0.5, 0.6) is 0 Å². The van der Waals surface area contributed by atoms with Crippen molar-refractivity contribution in [1.29, 1.82) is 0 Å². The summed E-state index contributed by atoms with van der Waals surface area (Å²) in [4.78, 5) is 9.87. The average Bonchev–Trinajstić information content (AvgIpc) is 1.83. The van der Waals surface area contributed by atoms with Gasteiger partial charge in [-0.25, -0.2) is 0 Å². The van der Waals surface area contributed by atoms with E-state index in [0.29, 0.717) is 6.42 Å². The molecule has 0 fully saturated rings. The number of hydrogen-bond acceptors (Lipinski definition) is 3. The van der Waals surface area contributed by atoms with Crippen LogP contribution in [0.4, 0.5) is 0 Å². The van der Waals surface area contributed by atoms with Gasteiger partial charge in [-0.3, -0.25) is 4.79 Å². The van der Waals surface area contributed by atoms with Gasteiger partial charge in [-0.1, -0.05) is 19.8 Å². The predicted octanol–water partition coefficient (Wildman–Crippen LogP) is 2.79. The van der Waals surface area contributed by atoms with E-state index in [0.717, 1.165) is 19.3 Å². The summed E-state index contributed by atoms with van der Waals surface area (Å²) in [7, 11) is 8.68. The molecular formula is C6H12Cl2CrO4. The molecule has 0 aliphatic heterocycles. The number of rotatable bonds is 4. The third-order valence-corrected chi connectivity index (χ3v) is 0.994. The van der Waals surface area contributed by atoms with Crippen LogP contribution in [0, 0.1) is 0 Å². The fraction of sp³-hybridized carbons (Fsp3) is 0.833. The number of hydrogen-bond donors (Lipinski definition) is 1. The van der Waals surface area contributed by atoms with Gasteiger partial charge in [0.2, 0.25) is 0 Å². The van der Waals surface area contributed by atoms with Crippen molar-refractivity contribution in [3.05, 3.63) is 0 Å². The summed E-state index contributed by atoms with van der Waals surface area (Å²) in [6.45, 7) is 2.06. The van der Waals surface area contributed by atoms with Crippen molar-refractivity contribution < 1.29 is 28.6 Å². The van der Waals surface area contributed by atoms with Crippen LogP contribution < -0.4 is 0 Å². The third kappa shape index (κ3) is 47.0. The molecule has 0 aliphatic rings. The molecule has 80 valence electrons. The SMILES string of the molecule is CCCCCC(=O)O.[O]=[Cr](=[O])([Cl])[Cl]. The Morgan fingerprint density at radius 3 is 1.92 bits per heavy atom. The van der Waals surface area contributed by atoms with Crippen molar-refractivity contribution in [3.63, 3.8) is 0 Å². The van der Waals surface area contributed by atoms with Crippen LogP contribution in [0.25, 0.3) is 0 Å². The molecule has 0 aromatic rings. The van der Waals surface area contributed by atoms with E-state index in [4.69, 9.17) is 5.11 Å². The predicted molar refractivity (Wildman–Crippen MR) is 44.9 cm³/mol. The Labute approximate surface area is 87.3 Å². The number of carbonyl (C=O) groups is 1. The van der Waals surface area contributed by atoms with Crippen LogP contribution in [-0.2, 0) is 23.5 Å². The van der Waals surface area contributed by atoms with Crippen molar-refractivity contribution in [2.75, 3.05) is 0 Å². The van der Waals surface area contributed by atoms with Crippen LogP contribution in [0.2, 0.25) is 0 Å². The fourth-order valence-electron chi connectivity index (χ4n) is 0.526. The summed E-state index contributed by atoms with van der Waals surface area (Å²) in [6, 6.07) is 0. The van der Waals surface area contributed by atoms with Crippen molar-refractivity contribution in [3.8, 4) is 0 Å². The molecule has 0 amide bonds. The normalized spacial score (nSPS) is 10.1. The number of aliphatic carboxylic acids is 1. The zero-order chi connectivity index (χ0) is 10.9. The maximum absolute atomic E-state index is 9.87. The van der Waals surface area contributed by atoms with E-state index in [1.807, 2.05) is 0 Å². The van der Waals surface area contributed by atoms with E-state index in [1.165, 1.54) is 0 Å². The van der Waals surface area contributed by atoms with Crippen molar-refractivity contribution >= 4 is 26.1 Å². The van der Waals surface area contributed by atoms with E-state index in [-0.39, 0.29) is 0 Å². The van der Waals surface area contributed by atoms with Crippen LogP contribution in [0.15, 0.2) is 0 Å². The Morgan fingerprint density at radius 2 is 1.69 bits per heavy atom. The summed E-state index contributed by atoms with van der Waals surface area (Å²) in [6.07, 6.45) is 3.28. The molecule has 0 aromatic heterocycles. The van der Waals surface area contributed by atoms with Gasteiger partial charge in [0, 0.05) is 6.42 Å². The van der Waals surface area contributed by atoms with Crippen LogP contribution in [0.3, 0.4) is 0 Å². The van der Waals surface area contributed by atoms with Gasteiger partial charge in [0.25, 0.3) is 0 Å². The molecule has 4 nitrogen and oxygen atoms in total. The summed E-state index contributed by atoms with van der Waals surface area (Å²) in [5.74, 6) is -0.682. The minimum atomic E-state index is -4.31. The zero-order valence-electron chi connectivity index (χ0n) is 7.16. The van der Waals surface area contributed by atoms with E-state index >= 15 is 0 Å². The van der Waals surface area contributed by atoms with E-state index in [1.54, 1.807) is 0 Å². The minimum absolute atomic E-state index is 0.327. The maximum atomic E-state index is 9.87. The molecule has 7 heteroatoms. The number of carboxylic acids is 1. The quantitative estimate of drug-likeness (QED) is 0.798. The first-order valence-corrected chi connectivity index (χ1v) is 8.18. The molecular weight excluding hydrogens is 259 g/mol.